The molecule has 4 aromatic rings. The van der Waals surface area contributed by atoms with Gasteiger partial charge in [0.15, 0.2) is 4.80 Å². The molecule has 3 aromatic carbocycles. The Labute approximate surface area is 254 Å². The summed E-state index contributed by atoms with van der Waals surface area (Å²) < 4.78 is 2.31. The van der Waals surface area contributed by atoms with Gasteiger partial charge in [0.2, 0.25) is 0 Å². The molecule has 8 nitrogen and oxygen atoms in total. The summed E-state index contributed by atoms with van der Waals surface area (Å²) in [4.78, 5) is 34.9. The van der Waals surface area contributed by atoms with Gasteiger partial charge < -0.3 is 9.80 Å². The highest BCUT2D eigenvalue weighted by Crippen LogP contribution is 2.41. The lowest BCUT2D eigenvalue weighted by Gasteiger charge is -2.31. The van der Waals surface area contributed by atoms with E-state index in [1.807, 2.05) is 32.8 Å². The Morgan fingerprint density at radius 2 is 1.58 bits per heavy atom. The molecule has 0 bridgehead atoms. The molecule has 0 radical (unpaired) electrons. The SMILES string of the molecule is CN(C)c1ccc(/C=C2/CCCC3=C2N=c2s/c(=C/c4cccc([N+](=O)[O-])c4)c(=O)n2C3c2ccc(N(C)C)cc2)cc1. The average molecular weight is 592 g/mol. The molecule has 0 spiro atoms. The number of allylic oxidation sites excluding steroid dienone is 2. The van der Waals surface area contributed by atoms with E-state index in [1.165, 1.54) is 29.0 Å². The van der Waals surface area contributed by atoms with E-state index in [0.717, 1.165) is 53.0 Å². The van der Waals surface area contributed by atoms with Crippen LogP contribution in [0.15, 0.2) is 99.4 Å². The van der Waals surface area contributed by atoms with Crippen LogP contribution in [0, 0.1) is 10.1 Å². The maximum absolute atomic E-state index is 14.0. The van der Waals surface area contributed by atoms with Crippen molar-refractivity contribution in [2.45, 2.75) is 25.3 Å². The summed E-state index contributed by atoms with van der Waals surface area (Å²) >= 11 is 1.33. The van der Waals surface area contributed by atoms with Crippen LogP contribution in [0.4, 0.5) is 17.1 Å². The first kappa shape index (κ1) is 28.4. The van der Waals surface area contributed by atoms with Crippen LogP contribution in [-0.4, -0.2) is 37.7 Å². The molecule has 1 aliphatic heterocycles. The number of fused-ring (bicyclic) bond motifs is 1. The molecule has 2 aliphatic rings. The van der Waals surface area contributed by atoms with Gasteiger partial charge in [-0.05, 0) is 83.5 Å². The normalized spacial score (nSPS) is 17.3. The second kappa shape index (κ2) is 11.5. The molecular weight excluding hydrogens is 558 g/mol. The molecule has 1 atom stereocenters. The highest BCUT2D eigenvalue weighted by Gasteiger charge is 2.32. The lowest BCUT2D eigenvalue weighted by molar-refractivity contribution is -0.384. The number of rotatable bonds is 6. The Morgan fingerprint density at radius 1 is 0.907 bits per heavy atom. The molecule has 0 saturated heterocycles. The maximum Gasteiger partial charge on any atom is 0.271 e. The van der Waals surface area contributed by atoms with E-state index >= 15 is 0 Å². The number of hydrogen-bond acceptors (Lipinski definition) is 7. The summed E-state index contributed by atoms with van der Waals surface area (Å²) in [5.41, 5.74) is 8.12. The molecule has 9 heteroatoms. The van der Waals surface area contributed by atoms with E-state index in [-0.39, 0.29) is 17.3 Å². The zero-order valence-electron chi connectivity index (χ0n) is 24.7. The number of nitro benzene ring substituents is 1. The Bertz CT molecular complexity index is 1950. The molecule has 43 heavy (non-hydrogen) atoms. The Hall–Kier alpha value is -4.76. The largest absolute Gasteiger partial charge is 0.378 e. The molecule has 6 rings (SSSR count). The van der Waals surface area contributed by atoms with Gasteiger partial charge in [-0.1, -0.05) is 47.7 Å². The first-order valence-corrected chi connectivity index (χ1v) is 15.1. The van der Waals surface area contributed by atoms with Gasteiger partial charge in [0.1, 0.15) is 0 Å². The molecule has 0 amide bonds. The van der Waals surface area contributed by atoms with Crippen LogP contribution in [0.1, 0.15) is 42.0 Å². The highest BCUT2D eigenvalue weighted by atomic mass is 32.1. The van der Waals surface area contributed by atoms with Crippen LogP contribution in [0.25, 0.3) is 12.2 Å². The molecule has 1 unspecified atom stereocenters. The van der Waals surface area contributed by atoms with Gasteiger partial charge in [-0.2, -0.15) is 0 Å². The fraction of sp³-hybridized carbons (Fsp3) is 0.235. The average Bonchev–Trinajstić information content (AvgIpc) is 3.30. The number of non-ortho nitro benzene ring substituents is 1. The van der Waals surface area contributed by atoms with Crippen LogP contribution < -0.4 is 24.7 Å². The molecule has 1 aliphatic carbocycles. The van der Waals surface area contributed by atoms with Gasteiger partial charge in [-0.25, -0.2) is 4.99 Å². The molecular formula is C34H33N5O3S. The van der Waals surface area contributed by atoms with E-state index in [0.29, 0.717) is 14.9 Å². The predicted molar refractivity (Wildman–Crippen MR) is 175 cm³/mol. The van der Waals surface area contributed by atoms with Crippen LogP contribution in [0.2, 0.25) is 0 Å². The third-order valence-electron chi connectivity index (χ3n) is 7.99. The van der Waals surface area contributed by atoms with Crippen molar-refractivity contribution in [3.8, 4) is 0 Å². The number of benzene rings is 3. The van der Waals surface area contributed by atoms with Crippen molar-refractivity contribution in [2.75, 3.05) is 38.0 Å². The van der Waals surface area contributed by atoms with Crippen LogP contribution >= 0.6 is 11.3 Å². The number of nitro groups is 1. The number of anilines is 2. The minimum absolute atomic E-state index is 0.00996. The minimum atomic E-state index is -0.424. The van der Waals surface area contributed by atoms with Crippen molar-refractivity contribution < 1.29 is 4.92 Å². The summed E-state index contributed by atoms with van der Waals surface area (Å²) in [6, 6.07) is 22.9. The summed E-state index contributed by atoms with van der Waals surface area (Å²) in [5.74, 6) is 0. The molecule has 2 heterocycles. The van der Waals surface area contributed by atoms with Gasteiger partial charge >= 0.3 is 0 Å². The minimum Gasteiger partial charge on any atom is -0.378 e. The van der Waals surface area contributed by atoms with Crippen molar-refractivity contribution in [3.05, 3.63) is 136 Å². The van der Waals surface area contributed by atoms with Crippen LogP contribution in [-0.2, 0) is 0 Å². The Kier molecular flexibility index (Phi) is 7.58. The fourth-order valence-electron chi connectivity index (χ4n) is 5.76. The standard InChI is InChI=1S/C34H33N5O3S/c1-36(2)26-15-11-22(12-16-26)19-25-8-6-10-29-31(25)35-34-38(32(29)24-13-17-27(18-14-24)37(3)4)33(40)30(43-34)21-23-7-5-9-28(20-23)39(41)42/h5,7,9,11-21,32H,6,8,10H2,1-4H3/b25-19-,30-21+. The van der Waals surface area contributed by atoms with E-state index in [9.17, 15) is 14.9 Å². The number of hydrogen-bond donors (Lipinski definition) is 0. The topological polar surface area (TPSA) is 84.0 Å². The Morgan fingerprint density at radius 3 is 2.23 bits per heavy atom. The lowest BCUT2D eigenvalue weighted by Crippen LogP contribution is -2.39. The summed E-state index contributed by atoms with van der Waals surface area (Å²) in [6.07, 6.45) is 6.69. The highest BCUT2D eigenvalue weighted by molar-refractivity contribution is 7.07. The van der Waals surface area contributed by atoms with Crippen molar-refractivity contribution in [2.24, 2.45) is 4.99 Å². The Balaban J connectivity index is 1.53. The molecule has 218 valence electrons. The smallest absolute Gasteiger partial charge is 0.271 e. The van der Waals surface area contributed by atoms with Crippen LogP contribution in [0.5, 0.6) is 0 Å². The molecule has 1 aromatic heterocycles. The van der Waals surface area contributed by atoms with Crippen molar-refractivity contribution in [1.82, 2.24) is 4.57 Å². The second-order valence-electron chi connectivity index (χ2n) is 11.3. The number of thiazole rings is 1. The zero-order valence-corrected chi connectivity index (χ0v) is 25.5. The quantitative estimate of drug-likeness (QED) is 0.218. The van der Waals surface area contributed by atoms with E-state index < -0.39 is 4.92 Å². The van der Waals surface area contributed by atoms with Crippen molar-refractivity contribution in [3.63, 3.8) is 0 Å². The second-order valence-corrected chi connectivity index (χ2v) is 12.3. The van der Waals surface area contributed by atoms with E-state index in [2.05, 4.69) is 64.4 Å². The van der Waals surface area contributed by atoms with Crippen molar-refractivity contribution >= 4 is 40.6 Å². The van der Waals surface area contributed by atoms with Gasteiger partial charge in [-0.15, -0.1) is 0 Å². The molecule has 0 fully saturated rings. The summed E-state index contributed by atoms with van der Waals surface area (Å²) in [6.45, 7) is 0. The van der Waals surface area contributed by atoms with E-state index in [1.54, 1.807) is 18.2 Å². The van der Waals surface area contributed by atoms with Crippen molar-refractivity contribution in [1.29, 1.82) is 0 Å². The van der Waals surface area contributed by atoms with Gasteiger partial charge in [-0.3, -0.25) is 19.5 Å². The number of aromatic nitrogens is 1. The van der Waals surface area contributed by atoms with Gasteiger partial charge in [0, 0.05) is 51.7 Å². The zero-order chi connectivity index (χ0) is 30.2. The van der Waals surface area contributed by atoms with E-state index in [4.69, 9.17) is 4.99 Å². The molecule has 0 saturated carbocycles. The lowest BCUT2D eigenvalue weighted by atomic mass is 9.83. The first-order valence-electron chi connectivity index (χ1n) is 14.2. The molecule has 0 N–H and O–H groups in total. The van der Waals surface area contributed by atoms with Gasteiger partial charge in [0.25, 0.3) is 11.2 Å². The monoisotopic (exact) mass is 591 g/mol. The summed E-state index contributed by atoms with van der Waals surface area (Å²) in [7, 11) is 8.08. The predicted octanol–water partition coefficient (Wildman–Crippen LogP) is 5.52. The van der Waals surface area contributed by atoms with Gasteiger partial charge in [0.05, 0.1) is 21.2 Å². The first-order chi connectivity index (χ1) is 20.7. The fourth-order valence-corrected chi connectivity index (χ4v) is 6.76. The number of nitrogens with zero attached hydrogens (tertiary/aromatic N) is 5. The maximum atomic E-state index is 14.0. The third-order valence-corrected chi connectivity index (χ3v) is 8.97. The third kappa shape index (κ3) is 5.56. The summed E-state index contributed by atoms with van der Waals surface area (Å²) in [5, 5.41) is 11.3. The van der Waals surface area contributed by atoms with Crippen LogP contribution in [0.3, 0.4) is 0 Å².